The van der Waals surface area contributed by atoms with Crippen LogP contribution in [0.2, 0.25) is 0 Å². The quantitative estimate of drug-likeness (QED) is 0.822. The average Bonchev–Trinajstić information content (AvgIpc) is 2.40. The van der Waals surface area contributed by atoms with E-state index in [9.17, 15) is 0 Å². The highest BCUT2D eigenvalue weighted by Crippen LogP contribution is 2.34. The molecule has 1 saturated heterocycles. The smallest absolute Gasteiger partial charge is 0.0872 e. The molecule has 1 heterocycles. The molecule has 100 valence electrons. The summed E-state index contributed by atoms with van der Waals surface area (Å²) in [5.41, 5.74) is 6.33. The van der Waals surface area contributed by atoms with Crippen LogP contribution in [0.4, 0.5) is 0 Å². The van der Waals surface area contributed by atoms with Gasteiger partial charge in [0.15, 0.2) is 0 Å². The monoisotopic (exact) mass is 241 g/mol. The van der Waals surface area contributed by atoms with E-state index in [-0.39, 0.29) is 11.6 Å². The summed E-state index contributed by atoms with van der Waals surface area (Å²) in [5, 5.41) is 0. The number of hydrogen-bond donors (Lipinski definition) is 1. The third-order valence-corrected chi connectivity index (χ3v) is 4.73. The van der Waals surface area contributed by atoms with Gasteiger partial charge in [0.1, 0.15) is 0 Å². The molecule has 3 heteroatoms. The summed E-state index contributed by atoms with van der Waals surface area (Å²) in [6.45, 7) is 1.60. The van der Waals surface area contributed by atoms with Gasteiger partial charge in [0.25, 0.3) is 0 Å². The molecule has 1 unspecified atom stereocenters. The van der Waals surface area contributed by atoms with E-state index in [1.165, 1.54) is 32.1 Å². The largest absolute Gasteiger partial charge is 0.381 e. The van der Waals surface area contributed by atoms with Crippen LogP contribution in [-0.2, 0) is 9.47 Å². The molecule has 0 radical (unpaired) electrons. The SMILES string of the molecule is COC1(C(N)CC2CCCCC2)CCOCC1. The van der Waals surface area contributed by atoms with Gasteiger partial charge in [-0.25, -0.2) is 0 Å². The molecule has 2 fully saturated rings. The maximum Gasteiger partial charge on any atom is 0.0872 e. The molecule has 0 aromatic carbocycles. The molecular weight excluding hydrogens is 214 g/mol. The Morgan fingerprint density at radius 1 is 1.24 bits per heavy atom. The van der Waals surface area contributed by atoms with Crippen LogP contribution in [-0.4, -0.2) is 32.0 Å². The van der Waals surface area contributed by atoms with Crippen molar-refractivity contribution in [3.8, 4) is 0 Å². The second-order valence-corrected chi connectivity index (χ2v) is 5.73. The molecular formula is C14H27NO2. The van der Waals surface area contributed by atoms with E-state index < -0.39 is 0 Å². The lowest BCUT2D eigenvalue weighted by Gasteiger charge is -2.42. The first-order valence-electron chi connectivity index (χ1n) is 7.15. The van der Waals surface area contributed by atoms with Crippen LogP contribution in [0.25, 0.3) is 0 Å². The number of ether oxygens (including phenoxy) is 2. The van der Waals surface area contributed by atoms with E-state index in [0.717, 1.165) is 38.4 Å². The standard InChI is InChI=1S/C14H27NO2/c1-16-14(7-9-17-10-8-14)13(15)11-12-5-3-2-4-6-12/h12-13H,2-11,15H2,1H3. The summed E-state index contributed by atoms with van der Waals surface area (Å²) in [5.74, 6) is 0.827. The molecule has 2 rings (SSSR count). The Labute approximate surface area is 105 Å². The Morgan fingerprint density at radius 2 is 1.88 bits per heavy atom. The summed E-state index contributed by atoms with van der Waals surface area (Å²) in [7, 11) is 1.81. The van der Waals surface area contributed by atoms with Crippen molar-refractivity contribution in [3.05, 3.63) is 0 Å². The summed E-state index contributed by atoms with van der Waals surface area (Å²) >= 11 is 0. The molecule has 1 aliphatic carbocycles. The first-order valence-corrected chi connectivity index (χ1v) is 7.15. The molecule has 3 nitrogen and oxygen atoms in total. The van der Waals surface area contributed by atoms with Gasteiger partial charge in [0.05, 0.1) is 5.60 Å². The van der Waals surface area contributed by atoms with Gasteiger partial charge >= 0.3 is 0 Å². The summed E-state index contributed by atoms with van der Waals surface area (Å²) in [6.07, 6.45) is 9.96. The molecule has 17 heavy (non-hydrogen) atoms. The highest BCUT2D eigenvalue weighted by Gasteiger charge is 2.39. The normalized spacial score (nSPS) is 27.9. The van der Waals surface area contributed by atoms with Crippen LogP contribution in [0.1, 0.15) is 51.4 Å². The average molecular weight is 241 g/mol. The zero-order chi connectivity index (χ0) is 12.1. The summed E-state index contributed by atoms with van der Waals surface area (Å²) < 4.78 is 11.2. The molecule has 0 aromatic rings. The maximum absolute atomic E-state index is 6.44. The number of methoxy groups -OCH3 is 1. The van der Waals surface area contributed by atoms with Gasteiger partial charge in [-0.1, -0.05) is 32.1 Å². The molecule has 0 spiro atoms. The highest BCUT2D eigenvalue weighted by atomic mass is 16.5. The van der Waals surface area contributed by atoms with Crippen molar-refractivity contribution in [3.63, 3.8) is 0 Å². The van der Waals surface area contributed by atoms with Crippen LogP contribution in [0.3, 0.4) is 0 Å². The first-order chi connectivity index (χ1) is 8.27. The number of rotatable bonds is 4. The second-order valence-electron chi connectivity index (χ2n) is 5.73. The minimum atomic E-state index is -0.115. The Hall–Kier alpha value is -0.120. The fourth-order valence-electron chi connectivity index (χ4n) is 3.44. The van der Waals surface area contributed by atoms with Gasteiger partial charge in [0, 0.05) is 39.2 Å². The Kier molecular flexibility index (Phi) is 4.83. The van der Waals surface area contributed by atoms with Gasteiger partial charge in [-0.2, -0.15) is 0 Å². The van der Waals surface area contributed by atoms with Crippen LogP contribution in [0.15, 0.2) is 0 Å². The Morgan fingerprint density at radius 3 is 2.47 bits per heavy atom. The van der Waals surface area contributed by atoms with Crippen molar-refractivity contribution in [1.82, 2.24) is 0 Å². The van der Waals surface area contributed by atoms with E-state index in [1.807, 2.05) is 7.11 Å². The van der Waals surface area contributed by atoms with Gasteiger partial charge in [-0.05, 0) is 12.3 Å². The predicted octanol–water partition coefficient (Wildman–Crippen LogP) is 2.48. The summed E-state index contributed by atoms with van der Waals surface area (Å²) in [6, 6.07) is 0.180. The van der Waals surface area contributed by atoms with E-state index in [2.05, 4.69) is 0 Å². The third kappa shape index (κ3) is 3.21. The maximum atomic E-state index is 6.44. The van der Waals surface area contributed by atoms with Crippen molar-refractivity contribution in [1.29, 1.82) is 0 Å². The van der Waals surface area contributed by atoms with Gasteiger partial charge in [-0.3, -0.25) is 0 Å². The van der Waals surface area contributed by atoms with Crippen LogP contribution in [0, 0.1) is 5.92 Å². The zero-order valence-corrected chi connectivity index (χ0v) is 11.1. The number of nitrogens with two attached hydrogens (primary N) is 1. The predicted molar refractivity (Wildman–Crippen MR) is 69.0 cm³/mol. The highest BCUT2D eigenvalue weighted by molar-refractivity contribution is 4.94. The van der Waals surface area contributed by atoms with Crippen molar-refractivity contribution < 1.29 is 9.47 Å². The summed E-state index contributed by atoms with van der Waals surface area (Å²) in [4.78, 5) is 0. The molecule has 0 amide bonds. The van der Waals surface area contributed by atoms with Gasteiger partial charge in [-0.15, -0.1) is 0 Å². The molecule has 2 N–H and O–H groups in total. The Balaban J connectivity index is 1.89. The molecule has 2 aliphatic rings. The lowest BCUT2D eigenvalue weighted by molar-refractivity contribution is -0.107. The van der Waals surface area contributed by atoms with Crippen molar-refractivity contribution in [2.75, 3.05) is 20.3 Å². The van der Waals surface area contributed by atoms with E-state index in [0.29, 0.717) is 0 Å². The lowest BCUT2D eigenvalue weighted by Crippen LogP contribution is -2.53. The molecule has 1 atom stereocenters. The van der Waals surface area contributed by atoms with Crippen molar-refractivity contribution >= 4 is 0 Å². The number of hydrogen-bond acceptors (Lipinski definition) is 3. The lowest BCUT2D eigenvalue weighted by atomic mass is 9.77. The van der Waals surface area contributed by atoms with Gasteiger partial charge in [0.2, 0.25) is 0 Å². The van der Waals surface area contributed by atoms with Crippen molar-refractivity contribution in [2.45, 2.75) is 63.0 Å². The minimum Gasteiger partial charge on any atom is -0.381 e. The second kappa shape index (κ2) is 6.17. The fraction of sp³-hybridized carbons (Fsp3) is 1.00. The topological polar surface area (TPSA) is 44.5 Å². The van der Waals surface area contributed by atoms with Crippen LogP contribution >= 0.6 is 0 Å². The van der Waals surface area contributed by atoms with Crippen molar-refractivity contribution in [2.24, 2.45) is 11.7 Å². The Bertz CT molecular complexity index is 220. The van der Waals surface area contributed by atoms with E-state index in [1.54, 1.807) is 0 Å². The van der Waals surface area contributed by atoms with Crippen LogP contribution in [0.5, 0.6) is 0 Å². The molecule has 1 aliphatic heterocycles. The van der Waals surface area contributed by atoms with Gasteiger partial charge < -0.3 is 15.2 Å². The first kappa shape index (κ1) is 13.3. The molecule has 1 saturated carbocycles. The zero-order valence-electron chi connectivity index (χ0n) is 11.1. The third-order valence-electron chi connectivity index (χ3n) is 4.73. The molecule has 0 bridgehead atoms. The van der Waals surface area contributed by atoms with Crippen LogP contribution < -0.4 is 5.73 Å². The fourth-order valence-corrected chi connectivity index (χ4v) is 3.44. The van der Waals surface area contributed by atoms with E-state index >= 15 is 0 Å². The minimum absolute atomic E-state index is 0.115. The molecule has 0 aromatic heterocycles. The van der Waals surface area contributed by atoms with E-state index in [4.69, 9.17) is 15.2 Å².